The summed E-state index contributed by atoms with van der Waals surface area (Å²) in [5.41, 5.74) is 0. The Morgan fingerprint density at radius 1 is 1.20 bits per heavy atom. The molecule has 0 unspecified atom stereocenters. The zero-order valence-corrected chi connectivity index (χ0v) is 7.39. The molecule has 0 aromatic carbocycles. The van der Waals surface area contributed by atoms with Gasteiger partial charge in [0.1, 0.15) is 0 Å². The number of unbranched alkanes of at least 4 members (excludes halogenated alkanes) is 1. The van der Waals surface area contributed by atoms with Gasteiger partial charge in [-0.15, -0.1) is 0 Å². The van der Waals surface area contributed by atoms with Gasteiger partial charge in [-0.25, -0.2) is 0 Å². The summed E-state index contributed by atoms with van der Waals surface area (Å²) in [7, 11) is 0. The average Bonchev–Trinajstić information content (AvgIpc) is 1.91. The molecule has 0 amide bonds. The van der Waals surface area contributed by atoms with E-state index in [9.17, 15) is 0 Å². The van der Waals surface area contributed by atoms with Crippen LogP contribution in [0.5, 0.6) is 0 Å². The first kappa shape index (κ1) is 12.6. The second kappa shape index (κ2) is 16.0. The van der Waals surface area contributed by atoms with Crippen molar-refractivity contribution in [1.29, 1.82) is 0 Å². The fourth-order valence-electron chi connectivity index (χ4n) is 0.391. The molecule has 1 N–H and O–H groups in total. The molecule has 0 aliphatic carbocycles. The summed E-state index contributed by atoms with van der Waals surface area (Å²) in [5, 5.41) is 7.57. The molecule has 64 valence electrons. The predicted molar refractivity (Wildman–Crippen MR) is 44.2 cm³/mol. The summed E-state index contributed by atoms with van der Waals surface area (Å²) in [6.45, 7) is 7.92. The van der Waals surface area contributed by atoms with Gasteiger partial charge in [-0.3, -0.25) is 0 Å². The first-order chi connectivity index (χ1) is 4.83. The number of aliphatic hydroxyl groups is 1. The van der Waals surface area contributed by atoms with Crippen molar-refractivity contribution in [3.63, 3.8) is 0 Å². The zero-order chi connectivity index (χ0) is 8.24. The second-order valence-electron chi connectivity index (χ2n) is 1.87. The van der Waals surface area contributed by atoms with Crippen LogP contribution >= 0.6 is 0 Å². The Bertz CT molecular complexity index is 34.2. The summed E-state index contributed by atoms with van der Waals surface area (Å²) in [5.74, 6) is 0. The van der Waals surface area contributed by atoms with E-state index in [2.05, 4.69) is 6.92 Å². The lowest BCUT2D eigenvalue weighted by atomic mass is 10.4. The van der Waals surface area contributed by atoms with Crippen LogP contribution in [0.2, 0.25) is 0 Å². The van der Waals surface area contributed by atoms with E-state index < -0.39 is 0 Å². The number of aliphatic hydroxyl groups excluding tert-OH is 1. The van der Waals surface area contributed by atoms with E-state index in [0.717, 1.165) is 13.2 Å². The van der Waals surface area contributed by atoms with Crippen LogP contribution in [-0.4, -0.2) is 24.9 Å². The van der Waals surface area contributed by atoms with Gasteiger partial charge in [-0.05, 0) is 20.3 Å². The predicted octanol–water partition coefficient (Wildman–Crippen LogP) is 1.82. The van der Waals surface area contributed by atoms with Crippen molar-refractivity contribution in [3.8, 4) is 0 Å². The third-order valence-electron chi connectivity index (χ3n) is 0.846. The van der Waals surface area contributed by atoms with Gasteiger partial charge in [-0.1, -0.05) is 13.3 Å². The van der Waals surface area contributed by atoms with E-state index in [-0.39, 0.29) is 6.61 Å². The third kappa shape index (κ3) is 24.7. The first-order valence-electron chi connectivity index (χ1n) is 4.01. The maximum atomic E-state index is 7.57. The molecular weight excluding hydrogens is 128 g/mol. The molecule has 2 nitrogen and oxygen atoms in total. The molecule has 2 heteroatoms. The van der Waals surface area contributed by atoms with Crippen LogP contribution < -0.4 is 0 Å². The maximum absolute atomic E-state index is 7.57. The molecule has 0 radical (unpaired) electrons. The Kier molecular flexibility index (Phi) is 20.1. The zero-order valence-electron chi connectivity index (χ0n) is 7.39. The highest BCUT2D eigenvalue weighted by Gasteiger charge is 1.78. The summed E-state index contributed by atoms with van der Waals surface area (Å²) < 4.78 is 5.07. The van der Waals surface area contributed by atoms with E-state index >= 15 is 0 Å². The fraction of sp³-hybridized carbons (Fsp3) is 1.00. The minimum absolute atomic E-state index is 0.250. The SMILES string of the molecule is CCCCOCC.CCO. The summed E-state index contributed by atoms with van der Waals surface area (Å²) >= 11 is 0. The highest BCUT2D eigenvalue weighted by molar-refractivity contribution is 4.28. The lowest BCUT2D eigenvalue weighted by molar-refractivity contribution is 0.144. The summed E-state index contributed by atoms with van der Waals surface area (Å²) in [6, 6.07) is 0. The number of hydrogen-bond acceptors (Lipinski definition) is 2. The van der Waals surface area contributed by atoms with Crippen LogP contribution in [0.4, 0.5) is 0 Å². The molecule has 0 rings (SSSR count). The molecule has 0 saturated carbocycles. The Morgan fingerprint density at radius 3 is 2.00 bits per heavy atom. The third-order valence-corrected chi connectivity index (χ3v) is 0.846. The first-order valence-corrected chi connectivity index (χ1v) is 4.01. The average molecular weight is 148 g/mol. The molecule has 0 heterocycles. The molecule has 0 bridgehead atoms. The normalized spacial score (nSPS) is 8.40. The van der Waals surface area contributed by atoms with Crippen molar-refractivity contribution < 1.29 is 9.84 Å². The van der Waals surface area contributed by atoms with Crippen molar-refractivity contribution in [1.82, 2.24) is 0 Å². The highest BCUT2D eigenvalue weighted by Crippen LogP contribution is 1.85. The van der Waals surface area contributed by atoms with Crippen molar-refractivity contribution in [2.45, 2.75) is 33.6 Å². The molecular formula is C8H20O2. The quantitative estimate of drug-likeness (QED) is 0.616. The van der Waals surface area contributed by atoms with E-state index in [1.54, 1.807) is 6.92 Å². The van der Waals surface area contributed by atoms with Gasteiger partial charge in [0.25, 0.3) is 0 Å². The molecule has 0 spiro atoms. The second-order valence-corrected chi connectivity index (χ2v) is 1.87. The lowest BCUT2D eigenvalue weighted by Gasteiger charge is -1.94. The Labute approximate surface area is 64.2 Å². The van der Waals surface area contributed by atoms with Gasteiger partial charge in [0, 0.05) is 19.8 Å². The number of rotatable bonds is 4. The van der Waals surface area contributed by atoms with Crippen LogP contribution in [0.25, 0.3) is 0 Å². The molecule has 0 fully saturated rings. The van der Waals surface area contributed by atoms with Gasteiger partial charge in [0.05, 0.1) is 0 Å². The number of hydrogen-bond donors (Lipinski definition) is 1. The lowest BCUT2D eigenvalue weighted by Crippen LogP contribution is -1.90. The monoisotopic (exact) mass is 148 g/mol. The van der Waals surface area contributed by atoms with Gasteiger partial charge in [0.2, 0.25) is 0 Å². The van der Waals surface area contributed by atoms with E-state index in [0.29, 0.717) is 0 Å². The fourth-order valence-corrected chi connectivity index (χ4v) is 0.391. The molecule has 0 atom stereocenters. The maximum Gasteiger partial charge on any atom is 0.0465 e. The van der Waals surface area contributed by atoms with Gasteiger partial charge in [-0.2, -0.15) is 0 Å². The Morgan fingerprint density at radius 2 is 1.70 bits per heavy atom. The Balaban J connectivity index is 0. The number of ether oxygens (including phenoxy) is 1. The molecule has 0 aliphatic heterocycles. The topological polar surface area (TPSA) is 29.5 Å². The molecule has 0 aromatic rings. The standard InChI is InChI=1S/C6H14O.C2H6O/c1-3-5-6-7-4-2;1-2-3/h3-6H2,1-2H3;3H,2H2,1H3. The van der Waals surface area contributed by atoms with Crippen molar-refractivity contribution in [3.05, 3.63) is 0 Å². The van der Waals surface area contributed by atoms with Gasteiger partial charge < -0.3 is 9.84 Å². The summed E-state index contributed by atoms with van der Waals surface area (Å²) in [6.07, 6.45) is 2.44. The molecule has 0 aliphatic rings. The van der Waals surface area contributed by atoms with E-state index in [1.165, 1.54) is 12.8 Å². The smallest absolute Gasteiger partial charge is 0.0465 e. The van der Waals surface area contributed by atoms with Crippen molar-refractivity contribution >= 4 is 0 Å². The largest absolute Gasteiger partial charge is 0.397 e. The molecule has 10 heavy (non-hydrogen) atoms. The van der Waals surface area contributed by atoms with Gasteiger partial charge >= 0.3 is 0 Å². The van der Waals surface area contributed by atoms with E-state index in [1.807, 2.05) is 6.92 Å². The van der Waals surface area contributed by atoms with Crippen LogP contribution in [-0.2, 0) is 4.74 Å². The minimum atomic E-state index is 0.250. The molecule has 0 saturated heterocycles. The highest BCUT2D eigenvalue weighted by atomic mass is 16.5. The van der Waals surface area contributed by atoms with Gasteiger partial charge in [0.15, 0.2) is 0 Å². The molecule has 0 aromatic heterocycles. The van der Waals surface area contributed by atoms with Crippen molar-refractivity contribution in [2.24, 2.45) is 0 Å². The van der Waals surface area contributed by atoms with E-state index in [4.69, 9.17) is 9.84 Å². The summed E-state index contributed by atoms with van der Waals surface area (Å²) in [4.78, 5) is 0. The van der Waals surface area contributed by atoms with Crippen molar-refractivity contribution in [2.75, 3.05) is 19.8 Å². The van der Waals surface area contributed by atoms with Crippen LogP contribution in [0, 0.1) is 0 Å². The van der Waals surface area contributed by atoms with Crippen LogP contribution in [0.1, 0.15) is 33.6 Å². The minimum Gasteiger partial charge on any atom is -0.397 e. The van der Waals surface area contributed by atoms with Crippen LogP contribution in [0.15, 0.2) is 0 Å². The van der Waals surface area contributed by atoms with Crippen LogP contribution in [0.3, 0.4) is 0 Å². The Hall–Kier alpha value is -0.0800.